The molecule has 0 aliphatic rings. The van der Waals surface area contributed by atoms with E-state index in [0.717, 1.165) is 12.1 Å². The standard InChI is InChI=1S/C18H14F3N3O3/c1-24(2)17(26)15-8-10-7-12(4-6-14(10)27-15)23-16(25)13-5-3-11(9-22-13)18(19,20)21/h3-9H,1-2H3,(H,23,25). The number of hydrogen-bond donors (Lipinski definition) is 1. The molecule has 1 aromatic carbocycles. The van der Waals surface area contributed by atoms with Gasteiger partial charge in [0.05, 0.1) is 5.56 Å². The fourth-order valence-corrected chi connectivity index (χ4v) is 2.34. The van der Waals surface area contributed by atoms with E-state index in [4.69, 9.17) is 4.42 Å². The van der Waals surface area contributed by atoms with Crippen molar-refractivity contribution in [1.82, 2.24) is 9.88 Å². The van der Waals surface area contributed by atoms with Crippen molar-refractivity contribution in [3.63, 3.8) is 0 Å². The minimum atomic E-state index is -4.52. The second-order valence-electron chi connectivity index (χ2n) is 5.95. The van der Waals surface area contributed by atoms with Crippen LogP contribution in [-0.4, -0.2) is 35.8 Å². The Kier molecular flexibility index (Phi) is 4.61. The maximum absolute atomic E-state index is 12.5. The van der Waals surface area contributed by atoms with Crippen molar-refractivity contribution >= 4 is 28.5 Å². The van der Waals surface area contributed by atoms with Gasteiger partial charge < -0.3 is 14.6 Å². The van der Waals surface area contributed by atoms with Crippen LogP contribution in [0.2, 0.25) is 0 Å². The largest absolute Gasteiger partial charge is 0.451 e. The zero-order chi connectivity index (χ0) is 19.8. The van der Waals surface area contributed by atoms with Crippen LogP contribution in [0.4, 0.5) is 18.9 Å². The van der Waals surface area contributed by atoms with E-state index in [1.165, 1.54) is 4.90 Å². The van der Waals surface area contributed by atoms with E-state index in [1.807, 2.05) is 0 Å². The summed E-state index contributed by atoms with van der Waals surface area (Å²) in [6.45, 7) is 0. The van der Waals surface area contributed by atoms with Crippen LogP contribution in [0, 0.1) is 0 Å². The fraction of sp³-hybridized carbons (Fsp3) is 0.167. The second kappa shape index (κ2) is 6.75. The number of furan rings is 1. The van der Waals surface area contributed by atoms with Crippen molar-refractivity contribution in [3.8, 4) is 0 Å². The zero-order valence-corrected chi connectivity index (χ0v) is 14.3. The first-order chi connectivity index (χ1) is 12.6. The number of benzene rings is 1. The third-order valence-electron chi connectivity index (χ3n) is 3.71. The molecule has 0 spiro atoms. The van der Waals surface area contributed by atoms with E-state index in [-0.39, 0.29) is 17.4 Å². The minimum absolute atomic E-state index is 0.154. The summed E-state index contributed by atoms with van der Waals surface area (Å²) in [4.78, 5) is 29.0. The van der Waals surface area contributed by atoms with Crippen LogP contribution >= 0.6 is 0 Å². The summed E-state index contributed by atoms with van der Waals surface area (Å²) in [6, 6.07) is 8.06. The molecule has 9 heteroatoms. The van der Waals surface area contributed by atoms with Crippen LogP contribution in [0.1, 0.15) is 26.6 Å². The van der Waals surface area contributed by atoms with Crippen LogP contribution < -0.4 is 5.32 Å². The maximum Gasteiger partial charge on any atom is 0.417 e. The molecule has 0 atom stereocenters. The third kappa shape index (κ3) is 3.91. The number of hydrogen-bond acceptors (Lipinski definition) is 4. The molecule has 3 rings (SSSR count). The Balaban J connectivity index is 1.79. The van der Waals surface area contributed by atoms with E-state index in [1.54, 1.807) is 38.4 Å². The molecule has 140 valence electrons. The molecule has 2 amide bonds. The average molecular weight is 377 g/mol. The number of nitrogens with zero attached hydrogens (tertiary/aromatic N) is 2. The molecule has 1 N–H and O–H groups in total. The Labute approximate surface area is 151 Å². The van der Waals surface area contributed by atoms with Gasteiger partial charge in [0.25, 0.3) is 11.8 Å². The summed E-state index contributed by atoms with van der Waals surface area (Å²) in [5, 5.41) is 3.15. The Morgan fingerprint density at radius 1 is 1.11 bits per heavy atom. The quantitative estimate of drug-likeness (QED) is 0.753. The van der Waals surface area contributed by atoms with Crippen molar-refractivity contribution in [3.05, 3.63) is 59.6 Å². The molecule has 0 fully saturated rings. The Bertz CT molecular complexity index is 1010. The number of nitrogens with one attached hydrogen (secondary N) is 1. The number of halogens is 3. The summed E-state index contributed by atoms with van der Waals surface area (Å²) < 4.78 is 43.1. The van der Waals surface area contributed by atoms with Crippen LogP contribution in [0.5, 0.6) is 0 Å². The SMILES string of the molecule is CN(C)C(=O)c1cc2cc(NC(=O)c3ccc(C(F)(F)F)cn3)ccc2o1. The molecule has 3 aromatic rings. The molecule has 0 aliphatic carbocycles. The van der Waals surface area contributed by atoms with E-state index in [9.17, 15) is 22.8 Å². The number of alkyl halides is 3. The molecule has 0 bridgehead atoms. The normalized spacial score (nSPS) is 11.4. The van der Waals surface area contributed by atoms with Crippen molar-refractivity contribution in [2.24, 2.45) is 0 Å². The van der Waals surface area contributed by atoms with Gasteiger partial charge in [0.1, 0.15) is 11.3 Å². The van der Waals surface area contributed by atoms with Crippen LogP contribution in [0.25, 0.3) is 11.0 Å². The number of carbonyl (C=O) groups is 2. The lowest BCUT2D eigenvalue weighted by molar-refractivity contribution is -0.137. The molecular weight excluding hydrogens is 363 g/mol. The highest BCUT2D eigenvalue weighted by Gasteiger charge is 2.30. The molecule has 0 aliphatic heterocycles. The van der Waals surface area contributed by atoms with E-state index >= 15 is 0 Å². The van der Waals surface area contributed by atoms with Gasteiger partial charge in [0.15, 0.2) is 5.76 Å². The van der Waals surface area contributed by atoms with Crippen molar-refractivity contribution in [2.45, 2.75) is 6.18 Å². The average Bonchev–Trinajstić information content (AvgIpc) is 3.03. The molecule has 2 heterocycles. The van der Waals surface area contributed by atoms with Crippen LogP contribution in [0.15, 0.2) is 47.0 Å². The molecule has 0 saturated heterocycles. The number of anilines is 1. The molecule has 2 aromatic heterocycles. The zero-order valence-electron chi connectivity index (χ0n) is 14.3. The summed E-state index contributed by atoms with van der Waals surface area (Å²) in [5.74, 6) is -0.801. The lowest BCUT2D eigenvalue weighted by Crippen LogP contribution is -2.20. The Morgan fingerprint density at radius 2 is 1.85 bits per heavy atom. The Hall–Kier alpha value is -3.36. The number of rotatable bonds is 3. The number of amides is 2. The fourth-order valence-electron chi connectivity index (χ4n) is 2.34. The summed E-state index contributed by atoms with van der Waals surface area (Å²) >= 11 is 0. The van der Waals surface area contributed by atoms with Gasteiger partial charge >= 0.3 is 6.18 Å². The molecule has 0 unspecified atom stereocenters. The molecule has 0 radical (unpaired) electrons. The third-order valence-corrected chi connectivity index (χ3v) is 3.71. The first-order valence-corrected chi connectivity index (χ1v) is 7.75. The highest BCUT2D eigenvalue weighted by atomic mass is 19.4. The highest BCUT2D eigenvalue weighted by molar-refractivity contribution is 6.04. The van der Waals surface area contributed by atoms with Gasteiger partial charge in [0, 0.05) is 31.4 Å². The van der Waals surface area contributed by atoms with E-state index in [0.29, 0.717) is 22.9 Å². The smallest absolute Gasteiger partial charge is 0.417 e. The molecule has 6 nitrogen and oxygen atoms in total. The predicted molar refractivity (Wildman–Crippen MR) is 91.4 cm³/mol. The second-order valence-corrected chi connectivity index (χ2v) is 5.95. The van der Waals surface area contributed by atoms with Crippen LogP contribution in [-0.2, 0) is 6.18 Å². The van der Waals surface area contributed by atoms with Gasteiger partial charge in [-0.1, -0.05) is 0 Å². The Morgan fingerprint density at radius 3 is 2.44 bits per heavy atom. The topological polar surface area (TPSA) is 75.4 Å². The number of aromatic nitrogens is 1. The molecule has 27 heavy (non-hydrogen) atoms. The highest BCUT2D eigenvalue weighted by Crippen LogP contribution is 2.28. The van der Waals surface area contributed by atoms with E-state index in [2.05, 4.69) is 10.3 Å². The monoisotopic (exact) mass is 377 g/mol. The summed E-state index contributed by atoms with van der Waals surface area (Å²) in [7, 11) is 3.19. The van der Waals surface area contributed by atoms with Crippen molar-refractivity contribution in [2.75, 3.05) is 19.4 Å². The van der Waals surface area contributed by atoms with E-state index < -0.39 is 17.6 Å². The van der Waals surface area contributed by atoms with Gasteiger partial charge in [-0.3, -0.25) is 14.6 Å². The number of fused-ring (bicyclic) bond motifs is 1. The summed E-state index contributed by atoms with van der Waals surface area (Å²) in [5.41, 5.74) is -0.236. The number of carbonyl (C=O) groups excluding carboxylic acids is 2. The van der Waals surface area contributed by atoms with Crippen molar-refractivity contribution < 1.29 is 27.2 Å². The summed E-state index contributed by atoms with van der Waals surface area (Å²) in [6.07, 6.45) is -3.91. The number of pyridine rings is 1. The van der Waals surface area contributed by atoms with Gasteiger partial charge in [-0.15, -0.1) is 0 Å². The van der Waals surface area contributed by atoms with Crippen LogP contribution in [0.3, 0.4) is 0 Å². The lowest BCUT2D eigenvalue weighted by atomic mass is 10.2. The lowest BCUT2D eigenvalue weighted by Gasteiger charge is -2.07. The van der Waals surface area contributed by atoms with Gasteiger partial charge in [-0.05, 0) is 36.4 Å². The first-order valence-electron chi connectivity index (χ1n) is 7.75. The minimum Gasteiger partial charge on any atom is -0.451 e. The van der Waals surface area contributed by atoms with Gasteiger partial charge in [-0.25, -0.2) is 0 Å². The van der Waals surface area contributed by atoms with Crippen molar-refractivity contribution in [1.29, 1.82) is 0 Å². The van der Waals surface area contributed by atoms with Gasteiger partial charge in [-0.2, -0.15) is 13.2 Å². The predicted octanol–water partition coefficient (Wildman–Crippen LogP) is 3.80. The molecule has 0 saturated carbocycles. The molecular formula is C18H14F3N3O3. The van der Waals surface area contributed by atoms with Gasteiger partial charge in [0.2, 0.25) is 0 Å². The maximum atomic E-state index is 12.5. The first kappa shape index (κ1) is 18.4.